The predicted octanol–water partition coefficient (Wildman–Crippen LogP) is 1.62. The fraction of sp³-hybridized carbons (Fsp3) is 0.714. The normalized spacial score (nSPS) is 20.5. The topological polar surface area (TPSA) is 50.3 Å². The van der Waals surface area contributed by atoms with Crippen molar-refractivity contribution in [3.63, 3.8) is 0 Å². The maximum Gasteiger partial charge on any atom is 0.130 e. The van der Waals surface area contributed by atoms with Crippen LogP contribution in [0, 0.1) is 13.8 Å². The molecule has 0 spiro atoms. The van der Waals surface area contributed by atoms with E-state index in [9.17, 15) is 0 Å². The predicted molar refractivity (Wildman–Crippen MR) is 76.5 cm³/mol. The van der Waals surface area contributed by atoms with E-state index in [0.29, 0.717) is 6.04 Å². The van der Waals surface area contributed by atoms with Gasteiger partial charge in [-0.25, -0.2) is 9.97 Å². The lowest BCUT2D eigenvalue weighted by Gasteiger charge is -2.33. The molecule has 5 nitrogen and oxygen atoms in total. The summed E-state index contributed by atoms with van der Waals surface area (Å²) < 4.78 is 5.15. The smallest absolute Gasteiger partial charge is 0.130 e. The van der Waals surface area contributed by atoms with Crippen molar-refractivity contribution in [1.82, 2.24) is 14.9 Å². The molecule has 1 fully saturated rings. The fourth-order valence-electron chi connectivity index (χ4n) is 2.60. The van der Waals surface area contributed by atoms with E-state index < -0.39 is 0 Å². The molecule has 5 heteroatoms. The summed E-state index contributed by atoms with van der Waals surface area (Å²) in [7, 11) is 1.76. The van der Waals surface area contributed by atoms with Crippen LogP contribution in [-0.2, 0) is 4.74 Å². The Morgan fingerprint density at radius 3 is 3.00 bits per heavy atom. The molecular formula is C14H24N4O. The summed E-state index contributed by atoms with van der Waals surface area (Å²) in [5.41, 5.74) is 1.02. The second kappa shape index (κ2) is 6.82. The van der Waals surface area contributed by atoms with E-state index in [1.165, 1.54) is 19.4 Å². The number of aryl methyl sites for hydroxylation is 2. The Hall–Kier alpha value is -1.20. The van der Waals surface area contributed by atoms with Gasteiger partial charge >= 0.3 is 0 Å². The Labute approximate surface area is 115 Å². The van der Waals surface area contributed by atoms with Crippen molar-refractivity contribution >= 4 is 5.82 Å². The summed E-state index contributed by atoms with van der Waals surface area (Å²) in [4.78, 5) is 11.2. The van der Waals surface area contributed by atoms with Gasteiger partial charge in [0.2, 0.25) is 0 Å². The van der Waals surface area contributed by atoms with Gasteiger partial charge in [0.15, 0.2) is 0 Å². The van der Waals surface area contributed by atoms with Gasteiger partial charge in [-0.15, -0.1) is 0 Å². The van der Waals surface area contributed by atoms with Crippen molar-refractivity contribution in [3.05, 3.63) is 17.6 Å². The summed E-state index contributed by atoms with van der Waals surface area (Å²) in [5, 5.41) is 3.54. The molecule has 0 saturated carbocycles. The minimum absolute atomic E-state index is 0.472. The summed E-state index contributed by atoms with van der Waals surface area (Å²) in [5.74, 6) is 1.78. The van der Waals surface area contributed by atoms with Crippen LogP contribution in [0.2, 0.25) is 0 Å². The van der Waals surface area contributed by atoms with Crippen molar-refractivity contribution in [2.75, 3.05) is 38.7 Å². The molecule has 0 aliphatic carbocycles. The molecule has 1 N–H and O–H groups in total. The summed E-state index contributed by atoms with van der Waals surface area (Å²) >= 11 is 0. The molecule has 0 bridgehead atoms. The van der Waals surface area contributed by atoms with E-state index in [-0.39, 0.29) is 0 Å². The van der Waals surface area contributed by atoms with Crippen molar-refractivity contribution < 1.29 is 4.74 Å². The molecule has 1 aromatic heterocycles. The van der Waals surface area contributed by atoms with Gasteiger partial charge in [0.1, 0.15) is 11.6 Å². The molecule has 0 unspecified atom stereocenters. The maximum atomic E-state index is 5.15. The monoisotopic (exact) mass is 264 g/mol. The number of anilines is 1. The molecular weight excluding hydrogens is 240 g/mol. The van der Waals surface area contributed by atoms with Crippen molar-refractivity contribution in [3.8, 4) is 0 Å². The van der Waals surface area contributed by atoms with Gasteiger partial charge in [0.25, 0.3) is 0 Å². The number of rotatable bonds is 5. The molecule has 0 radical (unpaired) electrons. The Balaban J connectivity index is 1.91. The third-order valence-corrected chi connectivity index (χ3v) is 3.44. The molecule has 1 aliphatic rings. The van der Waals surface area contributed by atoms with Gasteiger partial charge in [-0.1, -0.05) is 0 Å². The van der Waals surface area contributed by atoms with E-state index in [4.69, 9.17) is 4.74 Å². The molecule has 1 aromatic rings. The van der Waals surface area contributed by atoms with E-state index >= 15 is 0 Å². The Morgan fingerprint density at radius 2 is 2.26 bits per heavy atom. The lowest BCUT2D eigenvalue weighted by atomic mass is 10.1. The second-order valence-corrected chi connectivity index (χ2v) is 5.22. The van der Waals surface area contributed by atoms with Crippen molar-refractivity contribution in [2.45, 2.75) is 32.7 Å². The quantitative estimate of drug-likeness (QED) is 0.875. The molecule has 0 amide bonds. The first-order valence-electron chi connectivity index (χ1n) is 6.97. The van der Waals surface area contributed by atoms with Crippen molar-refractivity contribution in [1.29, 1.82) is 0 Å². The molecule has 1 saturated heterocycles. The van der Waals surface area contributed by atoms with Crippen LogP contribution in [0.3, 0.4) is 0 Å². The number of likely N-dealkylation sites (tertiary alicyclic amines) is 1. The maximum absolute atomic E-state index is 5.15. The molecule has 1 aliphatic heterocycles. The summed E-state index contributed by atoms with van der Waals surface area (Å²) in [6.07, 6.45) is 2.43. The van der Waals surface area contributed by atoms with E-state index in [2.05, 4.69) is 20.2 Å². The first kappa shape index (κ1) is 14.2. The minimum atomic E-state index is 0.472. The van der Waals surface area contributed by atoms with Gasteiger partial charge in [-0.2, -0.15) is 0 Å². The van der Waals surface area contributed by atoms with Gasteiger partial charge in [0, 0.05) is 38.0 Å². The number of hydrogen-bond donors (Lipinski definition) is 1. The van der Waals surface area contributed by atoms with Crippen LogP contribution in [0.1, 0.15) is 24.4 Å². The van der Waals surface area contributed by atoms with Gasteiger partial charge in [0.05, 0.1) is 6.61 Å². The number of nitrogens with zero attached hydrogens (tertiary/aromatic N) is 3. The molecule has 2 rings (SSSR count). The SMILES string of the molecule is COCCN1CCC[C@@H](Nc2cc(C)nc(C)n2)C1. The third-order valence-electron chi connectivity index (χ3n) is 3.44. The highest BCUT2D eigenvalue weighted by molar-refractivity contribution is 5.37. The van der Waals surface area contributed by atoms with Crippen LogP contribution >= 0.6 is 0 Å². The standard InChI is InChI=1S/C14H24N4O/c1-11-9-14(16-12(2)15-11)17-13-5-4-6-18(10-13)7-8-19-3/h9,13H,4-8,10H2,1-3H3,(H,15,16,17)/t13-/m1/s1. The zero-order chi connectivity index (χ0) is 13.7. The average molecular weight is 264 g/mol. The van der Waals surface area contributed by atoms with E-state index in [1.54, 1.807) is 7.11 Å². The van der Waals surface area contributed by atoms with Gasteiger partial charge in [-0.05, 0) is 33.2 Å². The molecule has 19 heavy (non-hydrogen) atoms. The molecule has 0 aromatic carbocycles. The molecule has 2 heterocycles. The van der Waals surface area contributed by atoms with E-state index in [0.717, 1.165) is 37.0 Å². The van der Waals surface area contributed by atoms with Crippen LogP contribution in [0.15, 0.2) is 6.07 Å². The van der Waals surface area contributed by atoms with Crippen LogP contribution in [-0.4, -0.2) is 54.3 Å². The van der Waals surface area contributed by atoms with Crippen LogP contribution in [0.25, 0.3) is 0 Å². The van der Waals surface area contributed by atoms with Crippen molar-refractivity contribution in [2.24, 2.45) is 0 Å². The number of ether oxygens (including phenoxy) is 1. The summed E-state index contributed by atoms with van der Waals surface area (Å²) in [6, 6.07) is 2.49. The first-order chi connectivity index (χ1) is 9.17. The Morgan fingerprint density at radius 1 is 1.42 bits per heavy atom. The highest BCUT2D eigenvalue weighted by atomic mass is 16.5. The minimum Gasteiger partial charge on any atom is -0.383 e. The van der Waals surface area contributed by atoms with Gasteiger partial charge < -0.3 is 10.1 Å². The van der Waals surface area contributed by atoms with E-state index in [1.807, 2.05) is 19.9 Å². The lowest BCUT2D eigenvalue weighted by molar-refractivity contribution is 0.131. The van der Waals surface area contributed by atoms with Gasteiger partial charge in [-0.3, -0.25) is 4.90 Å². The fourth-order valence-corrected chi connectivity index (χ4v) is 2.60. The highest BCUT2D eigenvalue weighted by Crippen LogP contribution is 2.15. The Bertz CT molecular complexity index is 390. The lowest BCUT2D eigenvalue weighted by Crippen LogP contribution is -2.43. The van der Waals surface area contributed by atoms with Crippen LogP contribution in [0.5, 0.6) is 0 Å². The zero-order valence-electron chi connectivity index (χ0n) is 12.1. The molecule has 1 atom stereocenters. The zero-order valence-corrected chi connectivity index (χ0v) is 12.1. The summed E-state index contributed by atoms with van der Waals surface area (Å²) in [6.45, 7) is 7.99. The number of hydrogen-bond acceptors (Lipinski definition) is 5. The number of methoxy groups -OCH3 is 1. The largest absolute Gasteiger partial charge is 0.383 e. The third kappa shape index (κ3) is 4.44. The number of piperidine rings is 1. The second-order valence-electron chi connectivity index (χ2n) is 5.22. The van der Waals surface area contributed by atoms with Crippen LogP contribution < -0.4 is 5.32 Å². The number of nitrogens with one attached hydrogen (secondary N) is 1. The highest BCUT2D eigenvalue weighted by Gasteiger charge is 2.19. The Kier molecular flexibility index (Phi) is 5.10. The molecule has 106 valence electrons. The average Bonchev–Trinajstić information content (AvgIpc) is 2.35. The first-order valence-corrected chi connectivity index (χ1v) is 6.97. The number of aromatic nitrogens is 2. The van der Waals surface area contributed by atoms with Crippen LogP contribution in [0.4, 0.5) is 5.82 Å².